The quantitative estimate of drug-likeness (QED) is 0.741. The minimum absolute atomic E-state index is 0.0109. The average Bonchev–Trinajstić information content (AvgIpc) is 3.00. The third-order valence-electron chi connectivity index (χ3n) is 3.77. The first-order valence-electron chi connectivity index (χ1n) is 7.17. The molecule has 0 spiro atoms. The molecule has 3 rings (SSSR count). The molecule has 1 amide bonds. The van der Waals surface area contributed by atoms with Crippen LogP contribution in [0.3, 0.4) is 0 Å². The summed E-state index contributed by atoms with van der Waals surface area (Å²) in [5, 5.41) is 3.91. The number of hydrogen-bond acceptors (Lipinski definition) is 4. The Kier molecular flexibility index (Phi) is 3.48. The van der Waals surface area contributed by atoms with Crippen molar-refractivity contribution in [3.63, 3.8) is 0 Å². The Balaban J connectivity index is 1.91. The molecular weight excluding hydrogens is 284 g/mol. The lowest BCUT2D eigenvalue weighted by atomic mass is 9.82. The van der Waals surface area contributed by atoms with E-state index in [-0.39, 0.29) is 17.4 Å². The highest BCUT2D eigenvalue weighted by Gasteiger charge is 2.45. The summed E-state index contributed by atoms with van der Waals surface area (Å²) < 4.78 is 1.88. The molecule has 2 heterocycles. The number of hydrogen-bond donors (Lipinski definition) is 0. The van der Waals surface area contributed by atoms with Gasteiger partial charge >= 0.3 is 0 Å². The van der Waals surface area contributed by atoms with Crippen molar-refractivity contribution >= 4 is 23.6 Å². The minimum atomic E-state index is -0.475. The molecule has 0 radical (unpaired) electrons. The van der Waals surface area contributed by atoms with E-state index in [1.54, 1.807) is 0 Å². The van der Waals surface area contributed by atoms with E-state index < -0.39 is 6.10 Å². The molecule has 0 N–H and O–H groups in total. The first-order valence-corrected chi connectivity index (χ1v) is 7.94. The van der Waals surface area contributed by atoms with Gasteiger partial charge in [-0.2, -0.15) is 0 Å². The fraction of sp³-hybridized carbons (Fsp3) is 0.500. The van der Waals surface area contributed by atoms with Crippen LogP contribution < -0.4 is 0 Å². The lowest BCUT2D eigenvalue weighted by Crippen LogP contribution is -2.39. The van der Waals surface area contributed by atoms with E-state index in [0.717, 1.165) is 10.6 Å². The minimum Gasteiger partial charge on any atom is -0.382 e. The van der Waals surface area contributed by atoms with Crippen LogP contribution in [0.1, 0.15) is 45.7 Å². The molecule has 0 saturated carbocycles. The van der Waals surface area contributed by atoms with Crippen molar-refractivity contribution in [2.45, 2.75) is 51.2 Å². The molecule has 0 bridgehead atoms. The van der Waals surface area contributed by atoms with E-state index in [1.807, 2.05) is 23.4 Å². The SMILES string of the molecule is CC1=NOC(C(=O)N2Sc3ccccc3[C@@H]2C(C)(C)C)C1. The number of fused-ring (bicyclic) bond motifs is 1. The molecule has 4 nitrogen and oxygen atoms in total. The number of carbonyl (C=O) groups excluding carboxylic acids is 1. The van der Waals surface area contributed by atoms with Gasteiger partial charge in [-0.05, 0) is 35.9 Å². The van der Waals surface area contributed by atoms with E-state index in [2.05, 4.69) is 38.1 Å². The van der Waals surface area contributed by atoms with E-state index in [4.69, 9.17) is 4.84 Å². The van der Waals surface area contributed by atoms with Crippen molar-refractivity contribution in [3.05, 3.63) is 29.8 Å². The molecule has 21 heavy (non-hydrogen) atoms. The summed E-state index contributed by atoms with van der Waals surface area (Å²) in [7, 11) is 0. The summed E-state index contributed by atoms with van der Waals surface area (Å²) >= 11 is 1.52. The molecule has 0 aliphatic carbocycles. The predicted molar refractivity (Wildman–Crippen MR) is 83.9 cm³/mol. The van der Waals surface area contributed by atoms with Gasteiger partial charge in [0.2, 0.25) is 6.10 Å². The van der Waals surface area contributed by atoms with Gasteiger partial charge in [-0.1, -0.05) is 44.1 Å². The number of oxime groups is 1. The van der Waals surface area contributed by atoms with Gasteiger partial charge in [-0.15, -0.1) is 0 Å². The molecule has 1 aromatic rings. The van der Waals surface area contributed by atoms with E-state index in [0.29, 0.717) is 6.42 Å². The Labute approximate surface area is 129 Å². The van der Waals surface area contributed by atoms with Crippen LogP contribution in [0.25, 0.3) is 0 Å². The number of nitrogens with zero attached hydrogens (tertiary/aromatic N) is 2. The summed E-state index contributed by atoms with van der Waals surface area (Å²) in [6.07, 6.45) is 0.111. The maximum atomic E-state index is 12.8. The summed E-state index contributed by atoms with van der Waals surface area (Å²) in [6.45, 7) is 8.38. The van der Waals surface area contributed by atoms with Crippen molar-refractivity contribution in [1.82, 2.24) is 4.31 Å². The molecule has 5 heteroatoms. The zero-order chi connectivity index (χ0) is 15.2. The van der Waals surface area contributed by atoms with E-state index in [1.165, 1.54) is 17.5 Å². The monoisotopic (exact) mass is 304 g/mol. The van der Waals surface area contributed by atoms with Crippen LogP contribution in [-0.2, 0) is 9.63 Å². The average molecular weight is 304 g/mol. The lowest BCUT2D eigenvalue weighted by Gasteiger charge is -2.35. The molecular formula is C16H20N2O2S. The summed E-state index contributed by atoms with van der Waals surface area (Å²) in [5.41, 5.74) is 2.06. The number of benzene rings is 1. The van der Waals surface area contributed by atoms with Crippen LogP contribution in [-0.4, -0.2) is 22.0 Å². The third-order valence-corrected chi connectivity index (χ3v) is 4.93. The summed E-state index contributed by atoms with van der Waals surface area (Å²) in [4.78, 5) is 19.3. The standard InChI is InChI=1S/C16H20N2O2S/c1-10-9-12(20-17-10)15(19)18-14(16(2,3)4)11-7-5-6-8-13(11)21-18/h5-8,12,14H,9H2,1-4H3/t12?,14-/m1/s1. The molecule has 2 atom stereocenters. The Morgan fingerprint density at radius 1 is 1.38 bits per heavy atom. The maximum absolute atomic E-state index is 12.8. The van der Waals surface area contributed by atoms with Crippen LogP contribution >= 0.6 is 11.9 Å². The van der Waals surface area contributed by atoms with Crippen molar-refractivity contribution in [2.75, 3.05) is 0 Å². The Morgan fingerprint density at radius 2 is 2.10 bits per heavy atom. The Bertz CT molecular complexity index is 607. The second kappa shape index (κ2) is 5.05. The summed E-state index contributed by atoms with van der Waals surface area (Å²) in [5.74, 6) is 0.0109. The molecule has 0 saturated heterocycles. The zero-order valence-corrected chi connectivity index (χ0v) is 13.6. The van der Waals surface area contributed by atoms with Gasteiger partial charge in [-0.25, -0.2) is 0 Å². The maximum Gasteiger partial charge on any atom is 0.277 e. The van der Waals surface area contributed by atoms with Gasteiger partial charge in [-0.3, -0.25) is 9.10 Å². The predicted octanol–water partition coefficient (Wildman–Crippen LogP) is 3.79. The first-order chi connectivity index (χ1) is 9.88. The van der Waals surface area contributed by atoms with Gasteiger partial charge < -0.3 is 4.84 Å². The molecule has 2 aliphatic rings. The topological polar surface area (TPSA) is 41.9 Å². The van der Waals surface area contributed by atoms with Crippen molar-refractivity contribution in [3.8, 4) is 0 Å². The number of carbonyl (C=O) groups is 1. The van der Waals surface area contributed by atoms with Crippen molar-refractivity contribution in [2.24, 2.45) is 10.6 Å². The van der Waals surface area contributed by atoms with Gasteiger partial charge in [0.1, 0.15) is 0 Å². The van der Waals surface area contributed by atoms with Crippen LogP contribution in [0.2, 0.25) is 0 Å². The van der Waals surface area contributed by atoms with Gasteiger partial charge in [0.05, 0.1) is 11.8 Å². The Morgan fingerprint density at radius 3 is 2.71 bits per heavy atom. The second-order valence-corrected chi connectivity index (χ2v) is 7.70. The smallest absolute Gasteiger partial charge is 0.277 e. The van der Waals surface area contributed by atoms with Gasteiger partial charge in [0.15, 0.2) is 0 Å². The zero-order valence-electron chi connectivity index (χ0n) is 12.8. The third kappa shape index (κ3) is 2.55. The second-order valence-electron chi connectivity index (χ2n) is 6.69. The molecule has 112 valence electrons. The van der Waals surface area contributed by atoms with E-state index >= 15 is 0 Å². The lowest BCUT2D eigenvalue weighted by molar-refractivity contribution is -0.139. The van der Waals surface area contributed by atoms with Crippen molar-refractivity contribution in [1.29, 1.82) is 0 Å². The number of rotatable bonds is 1. The highest BCUT2D eigenvalue weighted by atomic mass is 32.2. The van der Waals surface area contributed by atoms with Gasteiger partial charge in [0, 0.05) is 11.3 Å². The molecule has 2 aliphatic heterocycles. The normalized spacial score (nSPS) is 24.6. The number of amides is 1. The highest BCUT2D eigenvalue weighted by molar-refractivity contribution is 7.97. The fourth-order valence-corrected chi connectivity index (χ4v) is 4.21. The molecule has 1 unspecified atom stereocenters. The first kappa shape index (κ1) is 14.4. The Hall–Kier alpha value is -1.49. The van der Waals surface area contributed by atoms with Crippen molar-refractivity contribution < 1.29 is 9.63 Å². The van der Waals surface area contributed by atoms with Gasteiger partial charge in [0.25, 0.3) is 5.91 Å². The van der Waals surface area contributed by atoms with E-state index in [9.17, 15) is 4.79 Å². The van der Waals surface area contributed by atoms with Crippen LogP contribution in [0.4, 0.5) is 0 Å². The summed E-state index contributed by atoms with van der Waals surface area (Å²) in [6, 6.07) is 8.28. The fourth-order valence-electron chi connectivity index (χ4n) is 2.84. The van der Waals surface area contributed by atoms with Crippen LogP contribution in [0.5, 0.6) is 0 Å². The van der Waals surface area contributed by atoms with Crippen LogP contribution in [0, 0.1) is 5.41 Å². The highest BCUT2D eigenvalue weighted by Crippen LogP contribution is 2.52. The molecule has 0 aromatic heterocycles. The molecule has 0 fully saturated rings. The largest absolute Gasteiger partial charge is 0.382 e. The van der Waals surface area contributed by atoms with Crippen LogP contribution in [0.15, 0.2) is 34.3 Å². The molecule has 1 aromatic carbocycles.